The molecule has 1 unspecified atom stereocenters. The molecule has 0 fully saturated rings. The molecule has 0 saturated heterocycles. The Kier molecular flexibility index (Phi) is 2.19. The van der Waals surface area contributed by atoms with Crippen molar-refractivity contribution in [3.05, 3.63) is 66.3 Å². The quantitative estimate of drug-likeness (QED) is 0.705. The van der Waals surface area contributed by atoms with E-state index in [1.54, 1.807) is 0 Å². The Morgan fingerprint density at radius 2 is 1.94 bits per heavy atom. The molecule has 1 aliphatic rings. The van der Waals surface area contributed by atoms with Crippen LogP contribution in [0.25, 0.3) is 16.8 Å². The molecular formula is C16H12O. The second-order valence-electron chi connectivity index (χ2n) is 4.24. The van der Waals surface area contributed by atoms with Crippen molar-refractivity contribution in [3.63, 3.8) is 0 Å². The lowest BCUT2D eigenvalue weighted by atomic mass is 9.84. The van der Waals surface area contributed by atoms with Gasteiger partial charge < -0.3 is 0 Å². The Labute approximate surface area is 100 Å². The number of hydrogen-bond acceptors (Lipinski definition) is 1. The van der Waals surface area contributed by atoms with E-state index in [1.807, 2.05) is 30.4 Å². The van der Waals surface area contributed by atoms with E-state index in [0.717, 1.165) is 5.56 Å². The zero-order valence-corrected chi connectivity index (χ0v) is 9.39. The maximum absolute atomic E-state index is 11.8. The number of ketones is 1. The van der Waals surface area contributed by atoms with E-state index in [9.17, 15) is 4.79 Å². The SMILES string of the molecule is C=CC(=O)C1C=Cc2cccc3cccc1c23. The lowest BCUT2D eigenvalue weighted by molar-refractivity contribution is -0.115. The highest BCUT2D eigenvalue weighted by Crippen LogP contribution is 2.35. The van der Waals surface area contributed by atoms with Crippen LogP contribution in [0.2, 0.25) is 0 Å². The fourth-order valence-corrected chi connectivity index (χ4v) is 2.48. The molecular weight excluding hydrogens is 208 g/mol. The summed E-state index contributed by atoms with van der Waals surface area (Å²) in [7, 11) is 0. The van der Waals surface area contributed by atoms with Gasteiger partial charge in [-0.15, -0.1) is 0 Å². The Morgan fingerprint density at radius 1 is 1.18 bits per heavy atom. The summed E-state index contributed by atoms with van der Waals surface area (Å²) in [5.41, 5.74) is 2.27. The normalized spacial score (nSPS) is 17.1. The van der Waals surface area contributed by atoms with Gasteiger partial charge in [-0.3, -0.25) is 4.79 Å². The molecule has 2 aromatic rings. The zero-order valence-electron chi connectivity index (χ0n) is 9.39. The van der Waals surface area contributed by atoms with Crippen LogP contribution in [0.15, 0.2) is 55.1 Å². The van der Waals surface area contributed by atoms with E-state index in [0.29, 0.717) is 0 Å². The lowest BCUT2D eigenvalue weighted by Gasteiger charge is -2.19. The molecule has 0 heterocycles. The van der Waals surface area contributed by atoms with Gasteiger partial charge in [-0.05, 0) is 28.0 Å². The van der Waals surface area contributed by atoms with E-state index >= 15 is 0 Å². The number of allylic oxidation sites excluding steroid dienone is 2. The minimum atomic E-state index is -0.175. The van der Waals surface area contributed by atoms with Crippen molar-refractivity contribution >= 4 is 22.6 Å². The van der Waals surface area contributed by atoms with Crippen molar-refractivity contribution in [1.82, 2.24) is 0 Å². The van der Waals surface area contributed by atoms with Crippen molar-refractivity contribution in [1.29, 1.82) is 0 Å². The highest BCUT2D eigenvalue weighted by atomic mass is 16.1. The van der Waals surface area contributed by atoms with Crippen molar-refractivity contribution in [2.75, 3.05) is 0 Å². The van der Waals surface area contributed by atoms with E-state index in [1.165, 1.54) is 22.4 Å². The van der Waals surface area contributed by atoms with Crippen molar-refractivity contribution in [3.8, 4) is 0 Å². The Bertz CT molecular complexity index is 644. The fourth-order valence-electron chi connectivity index (χ4n) is 2.48. The molecule has 1 heteroatoms. The number of carbonyl (C=O) groups is 1. The molecule has 82 valence electrons. The first-order chi connectivity index (χ1) is 8.31. The van der Waals surface area contributed by atoms with Crippen LogP contribution in [0.4, 0.5) is 0 Å². The van der Waals surface area contributed by atoms with Crippen LogP contribution in [0, 0.1) is 0 Å². The van der Waals surface area contributed by atoms with E-state index in [4.69, 9.17) is 0 Å². The van der Waals surface area contributed by atoms with Crippen LogP contribution >= 0.6 is 0 Å². The third-order valence-corrected chi connectivity index (χ3v) is 3.28. The smallest absolute Gasteiger partial charge is 0.166 e. The molecule has 0 radical (unpaired) electrons. The minimum absolute atomic E-state index is 0.0586. The third kappa shape index (κ3) is 1.43. The van der Waals surface area contributed by atoms with Crippen LogP contribution < -0.4 is 0 Å². The van der Waals surface area contributed by atoms with Gasteiger partial charge in [-0.25, -0.2) is 0 Å². The average Bonchev–Trinajstić information content (AvgIpc) is 2.39. The Morgan fingerprint density at radius 3 is 2.71 bits per heavy atom. The topological polar surface area (TPSA) is 17.1 Å². The molecule has 0 saturated carbocycles. The summed E-state index contributed by atoms with van der Waals surface area (Å²) < 4.78 is 0. The van der Waals surface area contributed by atoms with Gasteiger partial charge in [0.1, 0.15) is 0 Å². The van der Waals surface area contributed by atoms with Gasteiger partial charge in [0.05, 0.1) is 5.92 Å². The summed E-state index contributed by atoms with van der Waals surface area (Å²) in [6.07, 6.45) is 5.39. The lowest BCUT2D eigenvalue weighted by Crippen LogP contribution is -2.10. The Hall–Kier alpha value is -2.15. The van der Waals surface area contributed by atoms with Crippen LogP contribution in [0.3, 0.4) is 0 Å². The van der Waals surface area contributed by atoms with Gasteiger partial charge >= 0.3 is 0 Å². The summed E-state index contributed by atoms with van der Waals surface area (Å²) in [5.74, 6) is -0.116. The highest BCUT2D eigenvalue weighted by Gasteiger charge is 2.21. The molecule has 0 N–H and O–H groups in total. The summed E-state index contributed by atoms with van der Waals surface area (Å²) in [6.45, 7) is 3.57. The average molecular weight is 220 g/mol. The van der Waals surface area contributed by atoms with Crippen LogP contribution in [0.5, 0.6) is 0 Å². The largest absolute Gasteiger partial charge is 0.294 e. The molecule has 0 aliphatic heterocycles. The predicted octanol–water partition coefficient (Wildman–Crippen LogP) is 3.71. The summed E-state index contributed by atoms with van der Waals surface area (Å²) >= 11 is 0. The molecule has 0 amide bonds. The second kappa shape index (κ2) is 3.70. The summed E-state index contributed by atoms with van der Waals surface area (Å²) in [5, 5.41) is 2.38. The molecule has 1 aliphatic carbocycles. The summed E-state index contributed by atoms with van der Waals surface area (Å²) in [4.78, 5) is 11.8. The highest BCUT2D eigenvalue weighted by molar-refractivity contribution is 6.05. The maximum Gasteiger partial charge on any atom is 0.166 e. The third-order valence-electron chi connectivity index (χ3n) is 3.28. The van der Waals surface area contributed by atoms with Crippen LogP contribution in [-0.2, 0) is 4.79 Å². The van der Waals surface area contributed by atoms with Crippen LogP contribution in [0.1, 0.15) is 17.0 Å². The standard InChI is InChI=1S/C16H12O/c1-2-15(17)13-10-9-12-6-3-5-11-7-4-8-14(13)16(11)12/h2-10,13H,1H2. The number of benzene rings is 2. The summed E-state index contributed by atoms with van der Waals surface area (Å²) in [6, 6.07) is 12.3. The molecule has 0 aromatic heterocycles. The number of rotatable bonds is 2. The van der Waals surface area contributed by atoms with Gasteiger partial charge in [-0.1, -0.05) is 55.1 Å². The molecule has 1 atom stereocenters. The minimum Gasteiger partial charge on any atom is -0.294 e. The van der Waals surface area contributed by atoms with Crippen molar-refractivity contribution in [2.45, 2.75) is 5.92 Å². The molecule has 1 nitrogen and oxygen atoms in total. The van der Waals surface area contributed by atoms with E-state index in [2.05, 4.69) is 24.8 Å². The van der Waals surface area contributed by atoms with E-state index in [-0.39, 0.29) is 11.7 Å². The fraction of sp³-hybridized carbons (Fsp3) is 0.0625. The second-order valence-corrected chi connectivity index (χ2v) is 4.24. The molecule has 0 spiro atoms. The van der Waals surface area contributed by atoms with Crippen LogP contribution in [-0.4, -0.2) is 5.78 Å². The molecule has 3 rings (SSSR count). The molecule has 0 bridgehead atoms. The first kappa shape index (κ1) is 10.0. The Balaban J connectivity index is 2.34. The van der Waals surface area contributed by atoms with Crippen molar-refractivity contribution < 1.29 is 4.79 Å². The maximum atomic E-state index is 11.8. The van der Waals surface area contributed by atoms with Crippen molar-refractivity contribution in [2.24, 2.45) is 0 Å². The van der Waals surface area contributed by atoms with Gasteiger partial charge in [0.2, 0.25) is 0 Å². The first-order valence-corrected chi connectivity index (χ1v) is 5.67. The zero-order chi connectivity index (χ0) is 11.8. The van der Waals surface area contributed by atoms with Gasteiger partial charge in [-0.2, -0.15) is 0 Å². The van der Waals surface area contributed by atoms with E-state index < -0.39 is 0 Å². The monoisotopic (exact) mass is 220 g/mol. The first-order valence-electron chi connectivity index (χ1n) is 5.67. The van der Waals surface area contributed by atoms with Gasteiger partial charge in [0, 0.05) is 0 Å². The predicted molar refractivity (Wildman–Crippen MR) is 70.9 cm³/mol. The molecule has 17 heavy (non-hydrogen) atoms. The van der Waals surface area contributed by atoms with Gasteiger partial charge in [0.15, 0.2) is 5.78 Å². The number of hydrogen-bond donors (Lipinski definition) is 0. The van der Waals surface area contributed by atoms with Gasteiger partial charge in [0.25, 0.3) is 0 Å². The number of carbonyl (C=O) groups excluding carboxylic acids is 1. The molecule has 2 aromatic carbocycles.